The van der Waals surface area contributed by atoms with E-state index < -0.39 is 0 Å². The lowest BCUT2D eigenvalue weighted by Gasteiger charge is -2.11. The molecule has 2 aromatic carbocycles. The predicted octanol–water partition coefficient (Wildman–Crippen LogP) is 4.23. The summed E-state index contributed by atoms with van der Waals surface area (Å²) in [5.74, 6) is 0.917. The molecule has 0 spiro atoms. The van der Waals surface area contributed by atoms with Gasteiger partial charge in [0.2, 0.25) is 5.91 Å². The fraction of sp³-hybridized carbons (Fsp3) is 0.360. The van der Waals surface area contributed by atoms with Gasteiger partial charge >= 0.3 is 0 Å². The SMILES string of the molecule is COc1ccccc1C(=O)NCCn1cc(SCC(=O)NC2CCCC2)c2ccccc21. The van der Waals surface area contributed by atoms with Crippen molar-refractivity contribution >= 4 is 34.5 Å². The number of thioether (sulfide) groups is 1. The number of para-hydroxylation sites is 2. The van der Waals surface area contributed by atoms with Crippen molar-refractivity contribution in [3.05, 3.63) is 60.3 Å². The molecule has 1 saturated carbocycles. The van der Waals surface area contributed by atoms with Crippen molar-refractivity contribution in [1.82, 2.24) is 15.2 Å². The molecule has 168 valence electrons. The van der Waals surface area contributed by atoms with Crippen molar-refractivity contribution in [3.63, 3.8) is 0 Å². The highest BCUT2D eigenvalue weighted by Crippen LogP contribution is 2.30. The lowest BCUT2D eigenvalue weighted by Crippen LogP contribution is -2.33. The summed E-state index contributed by atoms with van der Waals surface area (Å²) in [6.07, 6.45) is 6.68. The Balaban J connectivity index is 1.37. The van der Waals surface area contributed by atoms with E-state index >= 15 is 0 Å². The number of rotatable bonds is 9. The first kappa shape index (κ1) is 22.3. The molecule has 1 aliphatic rings. The van der Waals surface area contributed by atoms with Crippen molar-refractivity contribution in [3.8, 4) is 5.75 Å². The van der Waals surface area contributed by atoms with Gasteiger partial charge in [0, 0.05) is 41.1 Å². The van der Waals surface area contributed by atoms with Crippen molar-refractivity contribution in [1.29, 1.82) is 0 Å². The number of ether oxygens (including phenoxy) is 1. The molecule has 32 heavy (non-hydrogen) atoms. The number of amides is 2. The van der Waals surface area contributed by atoms with Crippen LogP contribution < -0.4 is 15.4 Å². The Morgan fingerprint density at radius 1 is 1.09 bits per heavy atom. The number of fused-ring (bicyclic) bond motifs is 1. The summed E-state index contributed by atoms with van der Waals surface area (Å²) in [5.41, 5.74) is 1.62. The molecule has 0 bridgehead atoms. The number of nitrogens with one attached hydrogen (secondary N) is 2. The lowest BCUT2D eigenvalue weighted by molar-refractivity contribution is -0.119. The van der Waals surface area contributed by atoms with Crippen LogP contribution >= 0.6 is 11.8 Å². The first-order chi connectivity index (χ1) is 15.7. The van der Waals surface area contributed by atoms with E-state index in [4.69, 9.17) is 4.74 Å². The smallest absolute Gasteiger partial charge is 0.255 e. The van der Waals surface area contributed by atoms with Gasteiger partial charge < -0.3 is 19.9 Å². The quantitative estimate of drug-likeness (QED) is 0.478. The first-order valence-electron chi connectivity index (χ1n) is 11.1. The summed E-state index contributed by atoms with van der Waals surface area (Å²) in [5, 5.41) is 7.25. The Kier molecular flexibility index (Phi) is 7.37. The molecule has 3 aromatic rings. The van der Waals surface area contributed by atoms with Crippen molar-refractivity contribution in [2.24, 2.45) is 0 Å². The Bertz CT molecular complexity index is 1090. The molecule has 0 atom stereocenters. The van der Waals surface area contributed by atoms with Crippen LogP contribution in [0.1, 0.15) is 36.0 Å². The van der Waals surface area contributed by atoms with E-state index in [2.05, 4.69) is 33.5 Å². The molecule has 1 heterocycles. The number of nitrogens with zero attached hydrogens (tertiary/aromatic N) is 1. The highest BCUT2D eigenvalue weighted by atomic mass is 32.2. The van der Waals surface area contributed by atoms with Crippen molar-refractivity contribution in [2.75, 3.05) is 19.4 Å². The van der Waals surface area contributed by atoms with Crippen LogP contribution in [0.5, 0.6) is 5.75 Å². The number of hydrogen-bond donors (Lipinski definition) is 2. The summed E-state index contributed by atoms with van der Waals surface area (Å²) < 4.78 is 7.41. The van der Waals surface area contributed by atoms with E-state index in [0.717, 1.165) is 28.6 Å². The topological polar surface area (TPSA) is 72.4 Å². The van der Waals surface area contributed by atoms with E-state index in [1.165, 1.54) is 12.8 Å². The van der Waals surface area contributed by atoms with E-state index in [9.17, 15) is 9.59 Å². The molecule has 0 saturated heterocycles. The third kappa shape index (κ3) is 5.27. The standard InChI is InChI=1S/C25H29N3O3S/c1-31-22-13-7-5-11-20(22)25(30)26-14-15-28-16-23(19-10-4-6-12-21(19)28)32-17-24(29)27-18-8-2-3-9-18/h4-7,10-13,16,18H,2-3,8-9,14-15,17H2,1H3,(H,26,30)(H,27,29). The molecular formula is C25H29N3O3S. The van der Waals surface area contributed by atoms with Crippen molar-refractivity contribution < 1.29 is 14.3 Å². The molecule has 6 nitrogen and oxygen atoms in total. The average Bonchev–Trinajstić information content (AvgIpc) is 3.45. The second-order valence-corrected chi connectivity index (χ2v) is 9.01. The minimum atomic E-state index is -0.155. The fourth-order valence-corrected chi connectivity index (χ4v) is 5.11. The molecule has 1 fully saturated rings. The molecule has 2 amide bonds. The average molecular weight is 452 g/mol. The Labute approximate surface area is 192 Å². The van der Waals surface area contributed by atoms with Crippen LogP contribution in [0.4, 0.5) is 0 Å². The van der Waals surface area contributed by atoms with E-state index in [1.54, 1.807) is 31.0 Å². The van der Waals surface area contributed by atoms with E-state index in [0.29, 0.717) is 36.2 Å². The van der Waals surface area contributed by atoms with Gasteiger partial charge in [-0.25, -0.2) is 0 Å². The van der Waals surface area contributed by atoms with Gasteiger partial charge in [0.1, 0.15) is 5.75 Å². The zero-order valence-corrected chi connectivity index (χ0v) is 19.1. The number of benzene rings is 2. The maximum atomic E-state index is 12.6. The zero-order chi connectivity index (χ0) is 22.3. The molecule has 0 aliphatic heterocycles. The number of hydrogen-bond acceptors (Lipinski definition) is 4. The normalized spacial score (nSPS) is 13.9. The molecule has 7 heteroatoms. The zero-order valence-electron chi connectivity index (χ0n) is 18.3. The predicted molar refractivity (Wildman–Crippen MR) is 128 cm³/mol. The lowest BCUT2D eigenvalue weighted by atomic mass is 10.2. The third-order valence-corrected chi connectivity index (χ3v) is 6.86. The second kappa shape index (κ2) is 10.6. The van der Waals surface area contributed by atoms with Crippen LogP contribution in [0, 0.1) is 0 Å². The Morgan fingerprint density at radius 2 is 1.84 bits per heavy atom. The van der Waals surface area contributed by atoms with Crippen LogP contribution in [-0.4, -0.2) is 41.8 Å². The molecular weight excluding hydrogens is 422 g/mol. The molecule has 2 N–H and O–H groups in total. The monoisotopic (exact) mass is 451 g/mol. The third-order valence-electron chi connectivity index (χ3n) is 5.82. The van der Waals surface area contributed by atoms with Gasteiger partial charge in [0.25, 0.3) is 5.91 Å². The minimum absolute atomic E-state index is 0.0998. The molecule has 0 radical (unpaired) electrons. The summed E-state index contributed by atoms with van der Waals surface area (Å²) in [4.78, 5) is 26.0. The van der Waals surface area contributed by atoms with Crippen molar-refractivity contribution in [2.45, 2.75) is 43.2 Å². The molecule has 4 rings (SSSR count). The fourth-order valence-electron chi connectivity index (χ4n) is 4.21. The Hall–Kier alpha value is -2.93. The van der Waals surface area contributed by atoms with Crippen LogP contribution in [0.15, 0.2) is 59.6 Å². The molecule has 1 aromatic heterocycles. The highest BCUT2D eigenvalue weighted by Gasteiger charge is 2.18. The van der Waals surface area contributed by atoms with Crippen LogP contribution in [0.25, 0.3) is 10.9 Å². The summed E-state index contributed by atoms with van der Waals surface area (Å²) in [6, 6.07) is 15.7. The molecule has 1 aliphatic carbocycles. The number of carbonyl (C=O) groups excluding carboxylic acids is 2. The summed E-state index contributed by atoms with van der Waals surface area (Å²) in [6.45, 7) is 1.12. The molecule has 0 unspecified atom stereocenters. The summed E-state index contributed by atoms with van der Waals surface area (Å²) in [7, 11) is 1.56. The van der Waals surface area contributed by atoms with Crippen LogP contribution in [0.2, 0.25) is 0 Å². The highest BCUT2D eigenvalue weighted by molar-refractivity contribution is 8.00. The number of aromatic nitrogens is 1. The van der Waals surface area contributed by atoms with Gasteiger partial charge in [-0.15, -0.1) is 11.8 Å². The number of carbonyl (C=O) groups is 2. The Morgan fingerprint density at radius 3 is 2.66 bits per heavy atom. The van der Waals surface area contributed by atoms with Gasteiger partial charge in [-0.1, -0.05) is 43.2 Å². The second-order valence-electron chi connectivity index (χ2n) is 8.00. The van der Waals surface area contributed by atoms with Gasteiger partial charge in [-0.05, 0) is 31.0 Å². The van der Waals surface area contributed by atoms with Gasteiger partial charge in [-0.2, -0.15) is 0 Å². The van der Waals surface area contributed by atoms with Gasteiger partial charge in [0.05, 0.1) is 18.4 Å². The summed E-state index contributed by atoms with van der Waals surface area (Å²) >= 11 is 1.57. The van der Waals surface area contributed by atoms with Gasteiger partial charge in [-0.3, -0.25) is 9.59 Å². The van der Waals surface area contributed by atoms with Crippen LogP contribution in [-0.2, 0) is 11.3 Å². The van der Waals surface area contributed by atoms with E-state index in [1.807, 2.05) is 24.3 Å². The largest absolute Gasteiger partial charge is 0.496 e. The minimum Gasteiger partial charge on any atom is -0.496 e. The van der Waals surface area contributed by atoms with Crippen LogP contribution in [0.3, 0.4) is 0 Å². The number of methoxy groups -OCH3 is 1. The van der Waals surface area contributed by atoms with Gasteiger partial charge in [0.15, 0.2) is 0 Å². The van der Waals surface area contributed by atoms with E-state index in [-0.39, 0.29) is 11.8 Å². The maximum Gasteiger partial charge on any atom is 0.255 e. The maximum absolute atomic E-state index is 12.6. The first-order valence-corrected chi connectivity index (χ1v) is 12.1.